The standard InChI is InChI=1S/C15H23ClFN/c1-3-4-5-6-7-11-14(18-2)15-12(16)9-8-10-13(15)17/h8-10,14,18H,3-7,11H2,1-2H3. The molecular formula is C15H23ClFN. The predicted octanol–water partition coefficient (Wildman–Crippen LogP) is 5.10. The van der Waals surface area contributed by atoms with Gasteiger partial charge in [-0.1, -0.05) is 56.7 Å². The van der Waals surface area contributed by atoms with E-state index < -0.39 is 0 Å². The minimum absolute atomic E-state index is 0.0142. The number of hydrogen-bond donors (Lipinski definition) is 1. The second-order valence-electron chi connectivity index (χ2n) is 4.68. The van der Waals surface area contributed by atoms with Crippen LogP contribution in [0.25, 0.3) is 0 Å². The first-order valence-electron chi connectivity index (χ1n) is 6.81. The Hall–Kier alpha value is -0.600. The first-order valence-corrected chi connectivity index (χ1v) is 7.19. The summed E-state index contributed by atoms with van der Waals surface area (Å²) >= 11 is 6.09. The third-order valence-corrected chi connectivity index (χ3v) is 3.62. The van der Waals surface area contributed by atoms with Crippen LogP contribution < -0.4 is 5.32 Å². The van der Waals surface area contributed by atoms with E-state index in [1.807, 2.05) is 7.05 Å². The summed E-state index contributed by atoms with van der Waals surface area (Å²) in [6, 6.07) is 4.89. The molecule has 0 heterocycles. The molecule has 1 atom stereocenters. The van der Waals surface area contributed by atoms with Gasteiger partial charge in [-0.05, 0) is 25.6 Å². The third kappa shape index (κ3) is 4.58. The van der Waals surface area contributed by atoms with Crippen molar-refractivity contribution in [2.45, 2.75) is 51.5 Å². The zero-order chi connectivity index (χ0) is 13.4. The minimum atomic E-state index is -0.213. The van der Waals surface area contributed by atoms with Crippen LogP contribution in [0.15, 0.2) is 18.2 Å². The normalized spacial score (nSPS) is 12.7. The fourth-order valence-electron chi connectivity index (χ4n) is 2.23. The Morgan fingerprint density at radius 3 is 2.56 bits per heavy atom. The van der Waals surface area contributed by atoms with Crippen LogP contribution in [0, 0.1) is 5.82 Å². The summed E-state index contributed by atoms with van der Waals surface area (Å²) in [5, 5.41) is 3.68. The van der Waals surface area contributed by atoms with E-state index >= 15 is 0 Å². The van der Waals surface area contributed by atoms with Gasteiger partial charge in [0.05, 0.1) is 0 Å². The van der Waals surface area contributed by atoms with E-state index in [2.05, 4.69) is 12.2 Å². The Kier molecular flexibility index (Phi) is 7.29. The molecular weight excluding hydrogens is 249 g/mol. The van der Waals surface area contributed by atoms with Gasteiger partial charge in [0.15, 0.2) is 0 Å². The lowest BCUT2D eigenvalue weighted by atomic mass is 9.99. The molecule has 1 nitrogen and oxygen atoms in total. The SMILES string of the molecule is CCCCCCCC(NC)c1c(F)cccc1Cl. The molecule has 0 radical (unpaired) electrons. The maximum atomic E-state index is 13.8. The molecule has 0 aliphatic carbocycles. The molecule has 0 fully saturated rings. The molecule has 102 valence electrons. The first-order chi connectivity index (χ1) is 8.70. The van der Waals surface area contributed by atoms with E-state index in [0.717, 1.165) is 12.8 Å². The smallest absolute Gasteiger partial charge is 0.129 e. The fourth-order valence-corrected chi connectivity index (χ4v) is 2.52. The Bertz CT molecular complexity index is 334. The number of benzene rings is 1. The molecule has 1 N–H and O–H groups in total. The van der Waals surface area contributed by atoms with Crippen molar-refractivity contribution in [3.05, 3.63) is 34.6 Å². The van der Waals surface area contributed by atoms with E-state index in [-0.39, 0.29) is 11.9 Å². The van der Waals surface area contributed by atoms with Crippen molar-refractivity contribution >= 4 is 11.6 Å². The molecule has 0 aliphatic heterocycles. The van der Waals surface area contributed by atoms with Crippen molar-refractivity contribution in [1.29, 1.82) is 0 Å². The van der Waals surface area contributed by atoms with Gasteiger partial charge in [-0.3, -0.25) is 0 Å². The van der Waals surface area contributed by atoms with Crippen molar-refractivity contribution < 1.29 is 4.39 Å². The number of hydrogen-bond acceptors (Lipinski definition) is 1. The monoisotopic (exact) mass is 271 g/mol. The molecule has 1 aromatic carbocycles. The van der Waals surface area contributed by atoms with E-state index in [1.165, 1.54) is 31.7 Å². The van der Waals surface area contributed by atoms with Crippen molar-refractivity contribution in [3.63, 3.8) is 0 Å². The zero-order valence-electron chi connectivity index (χ0n) is 11.3. The summed E-state index contributed by atoms with van der Waals surface area (Å²) in [6.07, 6.45) is 7.03. The molecule has 0 aliphatic rings. The highest BCUT2D eigenvalue weighted by Gasteiger charge is 2.16. The van der Waals surface area contributed by atoms with Crippen molar-refractivity contribution in [2.24, 2.45) is 0 Å². The zero-order valence-corrected chi connectivity index (χ0v) is 12.1. The molecule has 1 unspecified atom stereocenters. The Labute approximate surface area is 115 Å². The summed E-state index contributed by atoms with van der Waals surface area (Å²) in [4.78, 5) is 0. The van der Waals surface area contributed by atoms with E-state index in [1.54, 1.807) is 12.1 Å². The fraction of sp³-hybridized carbons (Fsp3) is 0.600. The highest BCUT2D eigenvalue weighted by atomic mass is 35.5. The second kappa shape index (κ2) is 8.49. The minimum Gasteiger partial charge on any atom is -0.313 e. The van der Waals surface area contributed by atoms with Gasteiger partial charge < -0.3 is 5.32 Å². The summed E-state index contributed by atoms with van der Waals surface area (Å²) < 4.78 is 13.8. The molecule has 0 aromatic heterocycles. The summed E-state index contributed by atoms with van der Waals surface area (Å²) in [6.45, 7) is 2.20. The molecule has 0 bridgehead atoms. The molecule has 0 spiro atoms. The lowest BCUT2D eigenvalue weighted by Gasteiger charge is -2.18. The summed E-state index contributed by atoms with van der Waals surface area (Å²) in [5.74, 6) is -0.213. The lowest BCUT2D eigenvalue weighted by Crippen LogP contribution is -2.18. The third-order valence-electron chi connectivity index (χ3n) is 3.29. The van der Waals surface area contributed by atoms with Crippen LogP contribution in [0.4, 0.5) is 4.39 Å². The van der Waals surface area contributed by atoms with Gasteiger partial charge in [-0.15, -0.1) is 0 Å². The van der Waals surface area contributed by atoms with Crippen LogP contribution >= 0.6 is 11.6 Å². The average molecular weight is 272 g/mol. The highest BCUT2D eigenvalue weighted by molar-refractivity contribution is 6.31. The quantitative estimate of drug-likeness (QED) is 0.649. The van der Waals surface area contributed by atoms with Gasteiger partial charge in [0.1, 0.15) is 5.82 Å². The van der Waals surface area contributed by atoms with Crippen LogP contribution in [-0.2, 0) is 0 Å². The number of halogens is 2. The molecule has 0 amide bonds. The second-order valence-corrected chi connectivity index (χ2v) is 5.09. The van der Waals surface area contributed by atoms with Gasteiger partial charge in [0.25, 0.3) is 0 Å². The lowest BCUT2D eigenvalue weighted by molar-refractivity contribution is 0.478. The highest BCUT2D eigenvalue weighted by Crippen LogP contribution is 2.29. The summed E-state index contributed by atoms with van der Waals surface area (Å²) in [7, 11) is 1.86. The molecule has 0 saturated carbocycles. The van der Waals surface area contributed by atoms with Gasteiger partial charge >= 0.3 is 0 Å². The molecule has 0 saturated heterocycles. The first kappa shape index (κ1) is 15.5. The van der Waals surface area contributed by atoms with Crippen LogP contribution in [0.1, 0.15) is 57.1 Å². The van der Waals surface area contributed by atoms with E-state index in [9.17, 15) is 4.39 Å². The number of unbranched alkanes of at least 4 members (excludes halogenated alkanes) is 4. The molecule has 3 heteroatoms. The Morgan fingerprint density at radius 2 is 1.94 bits per heavy atom. The van der Waals surface area contributed by atoms with Crippen molar-refractivity contribution in [1.82, 2.24) is 5.32 Å². The van der Waals surface area contributed by atoms with Crippen LogP contribution in [-0.4, -0.2) is 7.05 Å². The van der Waals surface area contributed by atoms with Gasteiger partial charge in [-0.2, -0.15) is 0 Å². The van der Waals surface area contributed by atoms with E-state index in [4.69, 9.17) is 11.6 Å². The van der Waals surface area contributed by atoms with Crippen LogP contribution in [0.3, 0.4) is 0 Å². The Balaban J connectivity index is 2.55. The number of nitrogens with one attached hydrogen (secondary N) is 1. The molecule has 1 rings (SSSR count). The van der Waals surface area contributed by atoms with Gasteiger partial charge in [0.2, 0.25) is 0 Å². The maximum absolute atomic E-state index is 13.8. The van der Waals surface area contributed by atoms with E-state index in [0.29, 0.717) is 10.6 Å². The Morgan fingerprint density at radius 1 is 1.22 bits per heavy atom. The molecule has 1 aromatic rings. The topological polar surface area (TPSA) is 12.0 Å². The number of rotatable bonds is 8. The maximum Gasteiger partial charge on any atom is 0.129 e. The van der Waals surface area contributed by atoms with Crippen molar-refractivity contribution in [2.75, 3.05) is 7.05 Å². The average Bonchev–Trinajstić information content (AvgIpc) is 2.36. The largest absolute Gasteiger partial charge is 0.313 e. The summed E-state index contributed by atoms with van der Waals surface area (Å²) in [5.41, 5.74) is 0.608. The van der Waals surface area contributed by atoms with Crippen LogP contribution in [0.2, 0.25) is 5.02 Å². The predicted molar refractivity (Wildman–Crippen MR) is 76.6 cm³/mol. The molecule has 18 heavy (non-hydrogen) atoms. The van der Waals surface area contributed by atoms with Crippen molar-refractivity contribution in [3.8, 4) is 0 Å². The van der Waals surface area contributed by atoms with Gasteiger partial charge in [-0.25, -0.2) is 4.39 Å². The van der Waals surface area contributed by atoms with Crippen LogP contribution in [0.5, 0.6) is 0 Å². The van der Waals surface area contributed by atoms with Gasteiger partial charge in [0, 0.05) is 16.6 Å².